The van der Waals surface area contributed by atoms with Gasteiger partial charge in [0, 0.05) is 13.6 Å². The Morgan fingerprint density at radius 1 is 1.44 bits per heavy atom. The third-order valence-corrected chi connectivity index (χ3v) is 4.92. The highest BCUT2D eigenvalue weighted by molar-refractivity contribution is 7.92. The summed E-state index contributed by atoms with van der Waals surface area (Å²) in [5.74, 6) is 0. The minimum atomic E-state index is -3.42. The number of nitrogens with two attached hydrogens (primary N) is 1. The van der Waals surface area contributed by atoms with Crippen molar-refractivity contribution < 1.29 is 8.42 Å². The number of rotatable bonds is 5. The molecule has 0 aliphatic heterocycles. The highest BCUT2D eigenvalue weighted by atomic mass is 32.2. The predicted octanol–water partition coefficient (Wildman–Crippen LogP) is 1.36. The summed E-state index contributed by atoms with van der Waals surface area (Å²) >= 11 is 4.80. The monoisotopic (exact) mass is 266 g/mol. The Balaban J connectivity index is 4.98. The molecule has 16 heavy (non-hydrogen) atoms. The highest BCUT2D eigenvalue weighted by Crippen LogP contribution is 2.19. The van der Waals surface area contributed by atoms with Crippen LogP contribution in [0.1, 0.15) is 34.1 Å². The summed E-state index contributed by atoms with van der Waals surface area (Å²) in [5.41, 5.74) is 5.37. The molecule has 0 bridgehead atoms. The molecule has 96 valence electrons. The van der Waals surface area contributed by atoms with Crippen LogP contribution in [-0.2, 0) is 10.0 Å². The average molecular weight is 266 g/mol. The fraction of sp³-hybridized carbons (Fsp3) is 0.900. The summed E-state index contributed by atoms with van der Waals surface area (Å²) in [7, 11) is -1.85. The Morgan fingerprint density at radius 2 is 1.88 bits per heavy atom. The van der Waals surface area contributed by atoms with Gasteiger partial charge in [-0.05, 0) is 11.8 Å². The van der Waals surface area contributed by atoms with E-state index in [9.17, 15) is 8.42 Å². The highest BCUT2D eigenvalue weighted by Gasteiger charge is 2.32. The van der Waals surface area contributed by atoms with Crippen LogP contribution in [0.15, 0.2) is 0 Å². The van der Waals surface area contributed by atoms with Crippen LogP contribution in [0.3, 0.4) is 0 Å². The smallest absolute Gasteiger partial charge is 0.223 e. The van der Waals surface area contributed by atoms with E-state index in [4.69, 9.17) is 18.0 Å². The minimum absolute atomic E-state index is 0.0447. The Morgan fingerprint density at radius 3 is 2.12 bits per heavy atom. The second-order valence-electron chi connectivity index (χ2n) is 5.16. The van der Waals surface area contributed by atoms with Crippen LogP contribution in [0, 0.1) is 5.41 Å². The summed E-state index contributed by atoms with van der Waals surface area (Å²) in [4.78, 5) is 0.0447. The number of hydrogen-bond acceptors (Lipinski definition) is 3. The van der Waals surface area contributed by atoms with E-state index in [2.05, 4.69) is 0 Å². The van der Waals surface area contributed by atoms with Crippen molar-refractivity contribution in [3.05, 3.63) is 0 Å². The first-order chi connectivity index (χ1) is 7.02. The van der Waals surface area contributed by atoms with Crippen LogP contribution in [-0.4, -0.2) is 36.6 Å². The van der Waals surface area contributed by atoms with Crippen LogP contribution in [0.5, 0.6) is 0 Å². The molecule has 0 fully saturated rings. The number of nitrogens with zero attached hydrogens (tertiary/aromatic N) is 1. The standard InChI is InChI=1S/C10H22N2O2S2/c1-6-8(9(11)15)16(13,14)12(5)7-10(2,3)4/h8H,6-7H2,1-5H3,(H2,11,15). The zero-order valence-corrected chi connectivity index (χ0v) is 12.3. The Hall–Kier alpha value is -0.200. The molecule has 0 aromatic rings. The van der Waals surface area contributed by atoms with E-state index in [0.717, 1.165) is 0 Å². The van der Waals surface area contributed by atoms with Gasteiger partial charge in [0.2, 0.25) is 10.0 Å². The van der Waals surface area contributed by atoms with Crippen LogP contribution in [0.2, 0.25) is 0 Å². The molecule has 4 nitrogen and oxygen atoms in total. The molecule has 0 aromatic heterocycles. The van der Waals surface area contributed by atoms with Crippen molar-refractivity contribution in [2.75, 3.05) is 13.6 Å². The number of thiocarbonyl (C=S) groups is 1. The minimum Gasteiger partial charge on any atom is -0.392 e. The molecule has 0 spiro atoms. The molecule has 0 rings (SSSR count). The van der Waals surface area contributed by atoms with Gasteiger partial charge in [0.1, 0.15) is 5.25 Å². The van der Waals surface area contributed by atoms with Gasteiger partial charge in [-0.15, -0.1) is 0 Å². The summed E-state index contributed by atoms with van der Waals surface area (Å²) in [6.07, 6.45) is 0.409. The van der Waals surface area contributed by atoms with Crippen LogP contribution in [0.25, 0.3) is 0 Å². The topological polar surface area (TPSA) is 63.4 Å². The average Bonchev–Trinajstić information content (AvgIpc) is 2.00. The van der Waals surface area contributed by atoms with Crippen LogP contribution in [0.4, 0.5) is 0 Å². The molecule has 0 aliphatic carbocycles. The lowest BCUT2D eigenvalue weighted by molar-refractivity contribution is 0.309. The SMILES string of the molecule is CCC(C(N)=S)S(=O)(=O)N(C)CC(C)(C)C. The lowest BCUT2D eigenvalue weighted by atomic mass is 9.97. The van der Waals surface area contributed by atoms with Crippen molar-refractivity contribution in [1.82, 2.24) is 4.31 Å². The van der Waals surface area contributed by atoms with E-state index < -0.39 is 15.3 Å². The van der Waals surface area contributed by atoms with Crippen molar-refractivity contribution in [3.8, 4) is 0 Å². The summed E-state index contributed by atoms with van der Waals surface area (Å²) < 4.78 is 25.6. The van der Waals surface area contributed by atoms with Crippen molar-refractivity contribution in [1.29, 1.82) is 0 Å². The zero-order chi connectivity index (χ0) is 13.1. The molecule has 0 aliphatic rings. The van der Waals surface area contributed by atoms with Crippen molar-refractivity contribution in [2.24, 2.45) is 11.1 Å². The van der Waals surface area contributed by atoms with Gasteiger partial charge >= 0.3 is 0 Å². The fourth-order valence-electron chi connectivity index (χ4n) is 1.53. The van der Waals surface area contributed by atoms with Crippen molar-refractivity contribution in [2.45, 2.75) is 39.4 Å². The second-order valence-corrected chi connectivity index (χ2v) is 7.85. The molecule has 0 heterocycles. The first-order valence-electron chi connectivity index (χ1n) is 5.27. The lowest BCUT2D eigenvalue weighted by Crippen LogP contribution is -2.45. The summed E-state index contributed by atoms with van der Waals surface area (Å²) in [6, 6.07) is 0. The molecular weight excluding hydrogens is 244 g/mol. The van der Waals surface area contributed by atoms with Crippen molar-refractivity contribution in [3.63, 3.8) is 0 Å². The molecule has 6 heteroatoms. The van der Waals surface area contributed by atoms with E-state index in [1.807, 2.05) is 20.8 Å². The van der Waals surface area contributed by atoms with E-state index in [-0.39, 0.29) is 10.4 Å². The van der Waals surface area contributed by atoms with Crippen LogP contribution >= 0.6 is 12.2 Å². The maximum atomic E-state index is 12.1. The van der Waals surface area contributed by atoms with Gasteiger partial charge in [-0.1, -0.05) is 39.9 Å². The molecule has 1 atom stereocenters. The third kappa shape index (κ3) is 4.35. The quantitative estimate of drug-likeness (QED) is 0.763. The molecule has 0 saturated carbocycles. The maximum absolute atomic E-state index is 12.1. The maximum Gasteiger partial charge on any atom is 0.223 e. The zero-order valence-electron chi connectivity index (χ0n) is 10.6. The second kappa shape index (κ2) is 5.42. The fourth-order valence-corrected chi connectivity index (χ4v) is 3.78. The molecule has 0 amide bonds. The van der Waals surface area contributed by atoms with Gasteiger partial charge in [0.05, 0.1) is 4.99 Å². The largest absolute Gasteiger partial charge is 0.392 e. The molecule has 1 unspecified atom stereocenters. The van der Waals surface area contributed by atoms with Gasteiger partial charge in [-0.25, -0.2) is 12.7 Å². The number of sulfonamides is 1. The predicted molar refractivity (Wildman–Crippen MR) is 71.9 cm³/mol. The molecule has 0 radical (unpaired) electrons. The van der Waals surface area contributed by atoms with E-state index in [0.29, 0.717) is 13.0 Å². The Labute approximate surface area is 104 Å². The normalized spacial score (nSPS) is 15.1. The van der Waals surface area contributed by atoms with E-state index in [1.54, 1.807) is 14.0 Å². The number of hydrogen-bond donors (Lipinski definition) is 1. The first kappa shape index (κ1) is 15.8. The van der Waals surface area contributed by atoms with Gasteiger partial charge in [0.15, 0.2) is 0 Å². The lowest BCUT2D eigenvalue weighted by Gasteiger charge is -2.28. The molecular formula is C10H22N2O2S2. The first-order valence-corrected chi connectivity index (χ1v) is 7.18. The Kier molecular flexibility index (Phi) is 5.35. The van der Waals surface area contributed by atoms with E-state index >= 15 is 0 Å². The third-order valence-electron chi connectivity index (χ3n) is 2.18. The molecule has 0 aromatic carbocycles. The molecule has 2 N–H and O–H groups in total. The summed E-state index contributed by atoms with van der Waals surface area (Å²) in [5, 5.41) is -0.755. The Bertz CT molecular complexity index is 344. The van der Waals surface area contributed by atoms with E-state index in [1.165, 1.54) is 4.31 Å². The van der Waals surface area contributed by atoms with Gasteiger partial charge in [-0.2, -0.15) is 0 Å². The van der Waals surface area contributed by atoms with Crippen LogP contribution < -0.4 is 5.73 Å². The van der Waals surface area contributed by atoms with Crippen molar-refractivity contribution >= 4 is 27.2 Å². The molecule has 0 saturated heterocycles. The van der Waals surface area contributed by atoms with Gasteiger partial charge in [-0.3, -0.25) is 0 Å². The van der Waals surface area contributed by atoms with Gasteiger partial charge < -0.3 is 5.73 Å². The summed E-state index contributed by atoms with van der Waals surface area (Å²) in [6.45, 7) is 8.18. The van der Waals surface area contributed by atoms with Gasteiger partial charge in [0.25, 0.3) is 0 Å².